The van der Waals surface area contributed by atoms with Gasteiger partial charge in [0.25, 0.3) is 11.5 Å². The van der Waals surface area contributed by atoms with Crippen LogP contribution in [0.1, 0.15) is 23.0 Å². The first-order valence-corrected chi connectivity index (χ1v) is 7.70. The van der Waals surface area contributed by atoms with Gasteiger partial charge in [-0.05, 0) is 49.6 Å². The van der Waals surface area contributed by atoms with Crippen LogP contribution < -0.4 is 10.9 Å². The lowest BCUT2D eigenvalue weighted by Gasteiger charge is -2.13. The van der Waals surface area contributed by atoms with Gasteiger partial charge in [0.2, 0.25) is 0 Å². The summed E-state index contributed by atoms with van der Waals surface area (Å²) in [5.74, 6) is -0.844. The van der Waals surface area contributed by atoms with E-state index in [1.165, 1.54) is 22.8 Å². The molecule has 3 aromatic rings. The van der Waals surface area contributed by atoms with Crippen molar-refractivity contribution in [3.8, 4) is 0 Å². The van der Waals surface area contributed by atoms with Gasteiger partial charge in [-0.1, -0.05) is 23.8 Å². The van der Waals surface area contributed by atoms with E-state index in [1.54, 1.807) is 25.1 Å². The Morgan fingerprint density at radius 2 is 1.83 bits per heavy atom. The Kier molecular flexibility index (Phi) is 4.16. The van der Waals surface area contributed by atoms with E-state index in [0.29, 0.717) is 17.6 Å². The van der Waals surface area contributed by atoms with Crippen LogP contribution in [-0.4, -0.2) is 10.5 Å². The van der Waals surface area contributed by atoms with E-state index in [4.69, 9.17) is 0 Å². The van der Waals surface area contributed by atoms with Gasteiger partial charge in [-0.25, -0.2) is 4.39 Å². The molecular weight excluding hydrogens is 307 g/mol. The molecule has 1 amide bonds. The summed E-state index contributed by atoms with van der Waals surface area (Å²) in [5.41, 5.74) is 1.62. The molecule has 24 heavy (non-hydrogen) atoms. The van der Waals surface area contributed by atoms with Crippen molar-refractivity contribution in [2.75, 3.05) is 5.32 Å². The van der Waals surface area contributed by atoms with E-state index in [0.717, 1.165) is 5.56 Å². The van der Waals surface area contributed by atoms with E-state index in [1.807, 2.05) is 19.1 Å². The van der Waals surface area contributed by atoms with Gasteiger partial charge in [-0.15, -0.1) is 0 Å². The first-order valence-electron chi connectivity index (χ1n) is 7.70. The third-order valence-electron chi connectivity index (χ3n) is 3.93. The molecule has 0 aliphatic heterocycles. The highest BCUT2D eigenvalue weighted by atomic mass is 19.1. The summed E-state index contributed by atoms with van der Waals surface area (Å²) < 4.78 is 14.8. The van der Waals surface area contributed by atoms with E-state index >= 15 is 0 Å². The number of hydrogen-bond donors (Lipinski definition) is 1. The molecule has 0 aliphatic carbocycles. The zero-order valence-corrected chi connectivity index (χ0v) is 13.5. The van der Waals surface area contributed by atoms with Gasteiger partial charge in [-0.2, -0.15) is 0 Å². The van der Waals surface area contributed by atoms with Crippen LogP contribution in [0.2, 0.25) is 0 Å². The second-order valence-electron chi connectivity index (χ2n) is 5.63. The number of aromatic nitrogens is 1. The minimum Gasteiger partial charge on any atom is -0.321 e. The number of amides is 1. The highest BCUT2D eigenvalue weighted by Crippen LogP contribution is 2.16. The molecule has 2 aromatic carbocycles. The largest absolute Gasteiger partial charge is 0.321 e. The van der Waals surface area contributed by atoms with Gasteiger partial charge in [0.05, 0.1) is 5.39 Å². The molecule has 0 saturated heterocycles. The van der Waals surface area contributed by atoms with Crippen LogP contribution in [0, 0.1) is 12.7 Å². The highest BCUT2D eigenvalue weighted by molar-refractivity contribution is 6.05. The van der Waals surface area contributed by atoms with E-state index in [9.17, 15) is 14.0 Å². The van der Waals surface area contributed by atoms with Crippen molar-refractivity contribution in [1.82, 2.24) is 4.57 Å². The van der Waals surface area contributed by atoms with Crippen LogP contribution in [0.25, 0.3) is 10.8 Å². The van der Waals surface area contributed by atoms with Crippen LogP contribution in [0.5, 0.6) is 0 Å². The molecule has 0 radical (unpaired) electrons. The normalized spacial score (nSPS) is 10.8. The van der Waals surface area contributed by atoms with E-state index < -0.39 is 5.82 Å². The molecule has 1 N–H and O–H groups in total. The van der Waals surface area contributed by atoms with Crippen LogP contribution in [-0.2, 0) is 6.54 Å². The molecule has 0 bridgehead atoms. The molecule has 1 heterocycles. The fourth-order valence-corrected chi connectivity index (χ4v) is 2.65. The Balaban J connectivity index is 2.07. The van der Waals surface area contributed by atoms with E-state index in [2.05, 4.69) is 5.32 Å². The summed E-state index contributed by atoms with van der Waals surface area (Å²) in [6.07, 6.45) is 0. The molecule has 1 aromatic heterocycles. The van der Waals surface area contributed by atoms with Crippen molar-refractivity contribution in [1.29, 1.82) is 0 Å². The predicted molar refractivity (Wildman–Crippen MR) is 93.0 cm³/mol. The third-order valence-corrected chi connectivity index (χ3v) is 3.93. The molecule has 0 aliphatic rings. The quantitative estimate of drug-likeness (QED) is 0.798. The maximum Gasteiger partial charge on any atom is 0.272 e. The van der Waals surface area contributed by atoms with Crippen molar-refractivity contribution < 1.29 is 9.18 Å². The maximum atomic E-state index is 13.4. The van der Waals surface area contributed by atoms with Crippen molar-refractivity contribution in [2.24, 2.45) is 0 Å². The van der Waals surface area contributed by atoms with Crippen LogP contribution in [0.3, 0.4) is 0 Å². The van der Waals surface area contributed by atoms with Crippen LogP contribution in [0.4, 0.5) is 10.1 Å². The first-order chi connectivity index (χ1) is 11.5. The lowest BCUT2D eigenvalue weighted by atomic mass is 10.1. The lowest BCUT2D eigenvalue weighted by Crippen LogP contribution is -2.28. The molecule has 0 spiro atoms. The molecule has 122 valence electrons. The second kappa shape index (κ2) is 6.28. The van der Waals surface area contributed by atoms with Crippen LogP contribution in [0.15, 0.2) is 53.3 Å². The number of nitrogens with one attached hydrogen (secondary N) is 1. The zero-order chi connectivity index (χ0) is 17.3. The minimum atomic E-state index is -0.473. The number of carbonyl (C=O) groups excluding carboxylic acids is 1. The number of aryl methyl sites for hydroxylation is 1. The smallest absolute Gasteiger partial charge is 0.272 e. The predicted octanol–water partition coefficient (Wildman–Crippen LogP) is 3.72. The van der Waals surface area contributed by atoms with Crippen molar-refractivity contribution in [2.45, 2.75) is 20.4 Å². The average molecular weight is 324 g/mol. The number of anilines is 1. The van der Waals surface area contributed by atoms with E-state index in [-0.39, 0.29) is 22.5 Å². The van der Waals surface area contributed by atoms with Crippen LogP contribution >= 0.6 is 0 Å². The third kappa shape index (κ3) is 2.93. The summed E-state index contributed by atoms with van der Waals surface area (Å²) >= 11 is 0. The summed E-state index contributed by atoms with van der Waals surface area (Å²) in [6, 6.07) is 13.0. The van der Waals surface area contributed by atoms with Crippen molar-refractivity contribution in [3.63, 3.8) is 0 Å². The number of hydrogen-bond acceptors (Lipinski definition) is 2. The molecule has 0 atom stereocenters. The zero-order valence-electron chi connectivity index (χ0n) is 13.5. The summed E-state index contributed by atoms with van der Waals surface area (Å²) in [5, 5.41) is 3.60. The SMILES string of the molecule is CCn1c(C(=O)Nc2ccc(C)cc2)cc2ccc(F)cc2c1=O. The summed E-state index contributed by atoms with van der Waals surface area (Å²) in [6.45, 7) is 4.06. The minimum absolute atomic E-state index is 0.252. The van der Waals surface area contributed by atoms with Gasteiger partial charge in [0.15, 0.2) is 0 Å². The summed E-state index contributed by atoms with van der Waals surface area (Å²) in [4.78, 5) is 25.1. The number of nitrogens with zero attached hydrogens (tertiary/aromatic N) is 1. The molecular formula is C19H17FN2O2. The number of rotatable bonds is 3. The van der Waals surface area contributed by atoms with Crippen molar-refractivity contribution >= 4 is 22.4 Å². The monoisotopic (exact) mass is 324 g/mol. The Hall–Kier alpha value is -2.95. The number of pyridine rings is 1. The number of fused-ring (bicyclic) bond motifs is 1. The number of benzene rings is 2. The fraction of sp³-hybridized carbons (Fsp3) is 0.158. The van der Waals surface area contributed by atoms with Gasteiger partial charge in [0.1, 0.15) is 11.5 Å². The fourth-order valence-electron chi connectivity index (χ4n) is 2.65. The standard InChI is InChI=1S/C19H17FN2O2/c1-3-22-17(18(23)21-15-8-4-12(2)5-9-15)10-13-6-7-14(20)11-16(13)19(22)24/h4-11H,3H2,1-2H3,(H,21,23). The average Bonchev–Trinajstić information content (AvgIpc) is 2.57. The second-order valence-corrected chi connectivity index (χ2v) is 5.63. The van der Waals surface area contributed by atoms with Gasteiger partial charge >= 0.3 is 0 Å². The Morgan fingerprint density at radius 1 is 1.12 bits per heavy atom. The molecule has 4 nitrogen and oxygen atoms in total. The van der Waals surface area contributed by atoms with Gasteiger partial charge in [-0.3, -0.25) is 9.59 Å². The molecule has 0 fully saturated rings. The van der Waals surface area contributed by atoms with Gasteiger partial charge < -0.3 is 9.88 Å². The Labute approximate surface area is 138 Å². The van der Waals surface area contributed by atoms with Gasteiger partial charge in [0, 0.05) is 12.2 Å². The lowest BCUT2D eigenvalue weighted by molar-refractivity contribution is 0.101. The number of carbonyl (C=O) groups is 1. The topological polar surface area (TPSA) is 51.1 Å². The maximum absolute atomic E-state index is 13.4. The van der Waals surface area contributed by atoms with Crippen molar-refractivity contribution in [3.05, 3.63) is 76.0 Å². The Bertz CT molecular complexity index is 975. The first kappa shape index (κ1) is 15.9. The highest BCUT2D eigenvalue weighted by Gasteiger charge is 2.15. The summed E-state index contributed by atoms with van der Waals surface area (Å²) in [7, 11) is 0. The molecule has 3 rings (SSSR count). The molecule has 5 heteroatoms. The Morgan fingerprint density at radius 3 is 2.50 bits per heavy atom. The molecule has 0 saturated carbocycles. The number of halogens is 1. The molecule has 0 unspecified atom stereocenters.